The molecule has 9 nitrogen and oxygen atoms in total. The summed E-state index contributed by atoms with van der Waals surface area (Å²) >= 11 is 1.54. The summed E-state index contributed by atoms with van der Waals surface area (Å²) in [6.07, 6.45) is 3.22. The Bertz CT molecular complexity index is 1070. The summed E-state index contributed by atoms with van der Waals surface area (Å²) in [4.78, 5) is 63.1. The molecular weight excluding hydrogens is 504 g/mol. The van der Waals surface area contributed by atoms with Gasteiger partial charge in [0.1, 0.15) is 18.1 Å². The summed E-state index contributed by atoms with van der Waals surface area (Å²) in [6.45, 7) is 3.82. The first kappa shape index (κ1) is 30.6. The van der Waals surface area contributed by atoms with Crippen LogP contribution in [0.1, 0.15) is 42.6 Å². The van der Waals surface area contributed by atoms with Gasteiger partial charge < -0.3 is 16.0 Å². The van der Waals surface area contributed by atoms with Crippen LogP contribution in [0, 0.1) is 5.92 Å². The molecule has 2 rings (SSSR count). The maximum atomic E-state index is 13.4. The number of imide groups is 1. The Kier molecular flexibility index (Phi) is 13.1. The van der Waals surface area contributed by atoms with E-state index in [1.165, 1.54) is 11.8 Å². The number of amides is 5. The van der Waals surface area contributed by atoms with Crippen molar-refractivity contribution in [1.29, 1.82) is 0 Å². The molecule has 10 heteroatoms. The van der Waals surface area contributed by atoms with Crippen LogP contribution in [0.25, 0.3) is 0 Å². The molecule has 3 atom stereocenters. The highest BCUT2D eigenvalue weighted by atomic mass is 32.2. The van der Waals surface area contributed by atoms with E-state index in [1.54, 1.807) is 30.3 Å². The van der Waals surface area contributed by atoms with Crippen molar-refractivity contribution in [2.24, 2.45) is 5.92 Å². The molecule has 0 radical (unpaired) electrons. The predicted molar refractivity (Wildman–Crippen MR) is 148 cm³/mol. The number of hydrogen-bond donors (Lipinski definition) is 4. The number of rotatable bonds is 15. The molecule has 0 spiro atoms. The van der Waals surface area contributed by atoms with Gasteiger partial charge in [0.2, 0.25) is 24.1 Å². The van der Waals surface area contributed by atoms with Crippen molar-refractivity contribution in [3.63, 3.8) is 0 Å². The van der Waals surface area contributed by atoms with Crippen LogP contribution < -0.4 is 21.3 Å². The second kappa shape index (κ2) is 16.2. The van der Waals surface area contributed by atoms with Crippen molar-refractivity contribution in [3.8, 4) is 0 Å². The Labute approximate surface area is 227 Å². The molecule has 0 heterocycles. The summed E-state index contributed by atoms with van der Waals surface area (Å²) in [5.41, 5.74) is 1.10. The van der Waals surface area contributed by atoms with Crippen molar-refractivity contribution >= 4 is 41.8 Å². The van der Waals surface area contributed by atoms with E-state index < -0.39 is 41.8 Å². The van der Waals surface area contributed by atoms with E-state index in [9.17, 15) is 24.0 Å². The van der Waals surface area contributed by atoms with E-state index in [1.807, 2.05) is 50.4 Å². The topological polar surface area (TPSA) is 133 Å². The quantitative estimate of drug-likeness (QED) is 0.256. The zero-order valence-electron chi connectivity index (χ0n) is 21.9. The average molecular weight is 541 g/mol. The normalized spacial score (nSPS) is 13.1. The lowest BCUT2D eigenvalue weighted by molar-refractivity contribution is -0.133. The zero-order chi connectivity index (χ0) is 27.9. The SMILES string of the molecule is CSCC[C@H](NC=O)C(=O)N[C@@H](CC(C)C)C(=O)N[C@@H](Cc1ccccc1)C(=O)NC(=O)c1ccccc1. The largest absolute Gasteiger partial charge is 0.347 e. The van der Waals surface area contributed by atoms with Crippen LogP contribution >= 0.6 is 11.8 Å². The fraction of sp³-hybridized carbons (Fsp3) is 0.393. The van der Waals surface area contributed by atoms with E-state index in [4.69, 9.17) is 0 Å². The predicted octanol–water partition coefficient (Wildman–Crippen LogP) is 2.07. The molecule has 5 amide bonds. The summed E-state index contributed by atoms with van der Waals surface area (Å²) in [7, 11) is 0. The van der Waals surface area contributed by atoms with Gasteiger partial charge in [-0.05, 0) is 48.5 Å². The minimum absolute atomic E-state index is 0.0517. The van der Waals surface area contributed by atoms with Gasteiger partial charge in [-0.2, -0.15) is 11.8 Å². The standard InChI is InChI=1S/C28H36N4O5S/c1-19(2)16-23(30-26(35)22(29-18-33)14-15-38-3)27(36)31-24(17-20-10-6-4-7-11-20)28(37)32-25(34)21-12-8-5-9-13-21/h4-13,18-19,22-24H,14-17H2,1-3H3,(H,29,33)(H,30,35)(H,31,36)(H,32,34,37)/t22-,23-,24-/m0/s1. The average Bonchev–Trinajstić information content (AvgIpc) is 2.90. The summed E-state index contributed by atoms with van der Waals surface area (Å²) in [5.74, 6) is -1.57. The molecule has 0 bridgehead atoms. The number of nitrogens with one attached hydrogen (secondary N) is 4. The third-order valence-corrected chi connectivity index (χ3v) is 6.37. The Hall–Kier alpha value is -3.66. The van der Waals surface area contributed by atoms with Crippen molar-refractivity contribution in [1.82, 2.24) is 21.3 Å². The van der Waals surface area contributed by atoms with Gasteiger partial charge in [-0.15, -0.1) is 0 Å². The molecule has 4 N–H and O–H groups in total. The minimum Gasteiger partial charge on any atom is -0.347 e. The van der Waals surface area contributed by atoms with Crippen LogP contribution in [0.15, 0.2) is 60.7 Å². The first-order valence-electron chi connectivity index (χ1n) is 12.5. The van der Waals surface area contributed by atoms with Gasteiger partial charge in [0, 0.05) is 12.0 Å². The second-order valence-corrected chi connectivity index (χ2v) is 10.2. The Morgan fingerprint density at radius 2 is 1.39 bits per heavy atom. The van der Waals surface area contributed by atoms with E-state index in [2.05, 4.69) is 21.3 Å². The lowest BCUT2D eigenvalue weighted by Crippen LogP contribution is -2.57. The number of carbonyl (C=O) groups excluding carboxylic acids is 5. The lowest BCUT2D eigenvalue weighted by Gasteiger charge is -2.26. The molecule has 0 aliphatic carbocycles. The molecule has 38 heavy (non-hydrogen) atoms. The Morgan fingerprint density at radius 3 is 1.97 bits per heavy atom. The van der Waals surface area contributed by atoms with E-state index in [0.29, 0.717) is 30.6 Å². The van der Waals surface area contributed by atoms with Crippen molar-refractivity contribution in [2.45, 2.75) is 51.2 Å². The fourth-order valence-electron chi connectivity index (χ4n) is 3.78. The van der Waals surface area contributed by atoms with Crippen LogP contribution in [0.2, 0.25) is 0 Å². The maximum absolute atomic E-state index is 13.4. The van der Waals surface area contributed by atoms with E-state index in [0.717, 1.165) is 5.56 Å². The minimum atomic E-state index is -1.07. The van der Waals surface area contributed by atoms with Gasteiger partial charge in [0.05, 0.1) is 0 Å². The zero-order valence-corrected chi connectivity index (χ0v) is 22.8. The molecular formula is C28H36N4O5S. The van der Waals surface area contributed by atoms with Crippen LogP contribution in [0.4, 0.5) is 0 Å². The molecule has 2 aromatic carbocycles. The molecule has 0 aliphatic heterocycles. The monoisotopic (exact) mass is 540 g/mol. The third-order valence-electron chi connectivity index (χ3n) is 5.72. The van der Waals surface area contributed by atoms with Crippen LogP contribution in [-0.4, -0.2) is 60.2 Å². The summed E-state index contributed by atoms with van der Waals surface area (Å²) in [5, 5.41) is 10.3. The molecule has 0 saturated heterocycles. The number of benzene rings is 2. The highest BCUT2D eigenvalue weighted by molar-refractivity contribution is 7.98. The number of hydrogen-bond acceptors (Lipinski definition) is 6. The molecule has 204 valence electrons. The van der Waals surface area contributed by atoms with Crippen LogP contribution in [0.3, 0.4) is 0 Å². The van der Waals surface area contributed by atoms with Gasteiger partial charge in [-0.25, -0.2) is 0 Å². The molecule has 0 fully saturated rings. The van der Waals surface area contributed by atoms with Gasteiger partial charge >= 0.3 is 0 Å². The Balaban J connectivity index is 2.21. The van der Waals surface area contributed by atoms with Gasteiger partial charge in [-0.3, -0.25) is 29.3 Å². The van der Waals surface area contributed by atoms with Gasteiger partial charge in [0.25, 0.3) is 5.91 Å². The molecule has 0 unspecified atom stereocenters. The molecule has 0 aliphatic rings. The van der Waals surface area contributed by atoms with Crippen LogP contribution in [0.5, 0.6) is 0 Å². The summed E-state index contributed by atoms with van der Waals surface area (Å²) in [6, 6.07) is 14.6. The van der Waals surface area contributed by atoms with Crippen molar-refractivity contribution in [2.75, 3.05) is 12.0 Å². The highest BCUT2D eigenvalue weighted by Crippen LogP contribution is 2.10. The van der Waals surface area contributed by atoms with E-state index >= 15 is 0 Å². The Morgan fingerprint density at radius 1 is 0.816 bits per heavy atom. The lowest BCUT2D eigenvalue weighted by atomic mass is 10.0. The molecule has 2 aromatic rings. The second-order valence-electron chi connectivity index (χ2n) is 9.24. The van der Waals surface area contributed by atoms with Crippen LogP contribution in [-0.2, 0) is 25.6 Å². The van der Waals surface area contributed by atoms with E-state index in [-0.39, 0.29) is 12.3 Å². The number of thioether (sulfide) groups is 1. The fourth-order valence-corrected chi connectivity index (χ4v) is 4.25. The third kappa shape index (κ3) is 10.4. The number of carbonyl (C=O) groups is 5. The molecule has 0 saturated carbocycles. The smallest absolute Gasteiger partial charge is 0.257 e. The molecule has 0 aromatic heterocycles. The summed E-state index contributed by atoms with van der Waals surface area (Å²) < 4.78 is 0. The van der Waals surface area contributed by atoms with Gasteiger partial charge in [0.15, 0.2) is 0 Å². The first-order valence-corrected chi connectivity index (χ1v) is 13.9. The first-order chi connectivity index (χ1) is 18.2. The van der Waals surface area contributed by atoms with Gasteiger partial charge in [-0.1, -0.05) is 62.4 Å². The highest BCUT2D eigenvalue weighted by Gasteiger charge is 2.30. The van der Waals surface area contributed by atoms with Crippen molar-refractivity contribution < 1.29 is 24.0 Å². The van der Waals surface area contributed by atoms with Crippen molar-refractivity contribution in [3.05, 3.63) is 71.8 Å². The maximum Gasteiger partial charge on any atom is 0.257 e.